The Balaban J connectivity index is 0.959. The Morgan fingerprint density at radius 2 is 1.71 bits per heavy atom. The lowest BCUT2D eigenvalue weighted by atomic mass is 9.90. The zero-order valence-electron chi connectivity index (χ0n) is 37.0. The van der Waals surface area contributed by atoms with Crippen LogP contribution in [0.5, 0.6) is 0 Å². The molecule has 2 fully saturated rings. The zero-order valence-corrected chi connectivity index (χ0v) is 37.0. The first-order valence-corrected chi connectivity index (χ1v) is 21.9. The number of unbranched alkanes of at least 4 members (excludes halogenated alkanes) is 1. The van der Waals surface area contributed by atoms with Crippen LogP contribution in [0, 0.1) is 0 Å². The van der Waals surface area contributed by atoms with Gasteiger partial charge in [-0.05, 0) is 106 Å². The number of carbonyl (C=O) groups excluding carboxylic acids is 4. The molecule has 3 aromatic rings. The van der Waals surface area contributed by atoms with E-state index >= 15 is 0 Å². The summed E-state index contributed by atoms with van der Waals surface area (Å²) in [5, 5.41) is 5.80. The molecule has 328 valence electrons. The van der Waals surface area contributed by atoms with E-state index in [2.05, 4.69) is 44.5 Å². The maximum atomic E-state index is 13.4. The Kier molecular flexibility index (Phi) is 13.6. The molecule has 2 saturated heterocycles. The maximum absolute atomic E-state index is 13.4. The molecule has 62 heavy (non-hydrogen) atoms. The van der Waals surface area contributed by atoms with Crippen molar-refractivity contribution in [3.05, 3.63) is 112 Å². The number of carbonyl (C=O) groups is 4. The number of allylic oxidation sites excluding steroid dienone is 4. The lowest BCUT2D eigenvalue weighted by Gasteiger charge is -2.36. The lowest BCUT2D eigenvalue weighted by Crippen LogP contribution is -2.49. The molecule has 2 aromatic carbocycles. The Hall–Kier alpha value is -6.18. The number of amides is 4. The molecular formula is C48H60N8O6. The summed E-state index contributed by atoms with van der Waals surface area (Å²) in [4.78, 5) is 68.5. The predicted octanol–water partition coefficient (Wildman–Crippen LogP) is 7.12. The number of nitrogens with one attached hydrogen (secondary N) is 2. The minimum absolute atomic E-state index is 0.0920. The van der Waals surface area contributed by atoms with E-state index < -0.39 is 5.60 Å². The average Bonchev–Trinajstić information content (AvgIpc) is 3.25. The molecule has 5 heterocycles. The van der Waals surface area contributed by atoms with E-state index in [0.717, 1.165) is 89.6 Å². The number of ether oxygens (including phenoxy) is 2. The molecule has 0 aliphatic carbocycles. The quantitative estimate of drug-likeness (QED) is 0.150. The molecule has 4 aliphatic heterocycles. The Bertz CT molecular complexity index is 2240. The zero-order chi connectivity index (χ0) is 44.0. The van der Waals surface area contributed by atoms with Gasteiger partial charge in [0.15, 0.2) is 0 Å². The third-order valence-electron chi connectivity index (χ3n) is 11.7. The molecule has 14 nitrogen and oxygen atoms in total. The van der Waals surface area contributed by atoms with Gasteiger partial charge in [-0.25, -0.2) is 14.8 Å². The molecule has 0 radical (unpaired) electrons. The Morgan fingerprint density at radius 1 is 0.968 bits per heavy atom. The Morgan fingerprint density at radius 3 is 2.40 bits per heavy atom. The highest BCUT2D eigenvalue weighted by molar-refractivity contribution is 6.01. The summed E-state index contributed by atoms with van der Waals surface area (Å²) < 4.78 is 11.8. The van der Waals surface area contributed by atoms with Crippen LogP contribution in [0.2, 0.25) is 0 Å². The van der Waals surface area contributed by atoms with Crippen LogP contribution in [-0.4, -0.2) is 100.0 Å². The van der Waals surface area contributed by atoms with Crippen molar-refractivity contribution in [2.24, 2.45) is 0 Å². The van der Waals surface area contributed by atoms with Crippen LogP contribution >= 0.6 is 0 Å². The number of hydrogen-bond acceptors (Lipinski definition) is 11. The van der Waals surface area contributed by atoms with Gasteiger partial charge in [0.25, 0.3) is 0 Å². The molecule has 4 amide bonds. The van der Waals surface area contributed by atoms with Crippen molar-refractivity contribution in [3.63, 3.8) is 0 Å². The van der Waals surface area contributed by atoms with Crippen LogP contribution in [0.15, 0.2) is 89.6 Å². The van der Waals surface area contributed by atoms with Crippen LogP contribution in [-0.2, 0) is 43.2 Å². The van der Waals surface area contributed by atoms with Gasteiger partial charge in [0.1, 0.15) is 18.0 Å². The molecule has 7 rings (SSSR count). The SMILES string of the molecule is CCC/C=C/C(=C(/C)C1=C(C)OCCN1C(=O)OC(C)(C)C)N1CCc2cnc(Nc3ccc(CC(=O)N4CCN(c5ccc(C6CCC(=O)NC6=O)cc5)CC4)cc3)nc2C1. The second-order valence-electron chi connectivity index (χ2n) is 17.4. The van der Waals surface area contributed by atoms with E-state index in [4.69, 9.17) is 14.5 Å². The van der Waals surface area contributed by atoms with Gasteiger partial charge < -0.3 is 29.5 Å². The molecule has 0 bridgehead atoms. The van der Waals surface area contributed by atoms with Crippen LogP contribution in [0.1, 0.15) is 95.5 Å². The van der Waals surface area contributed by atoms with E-state index in [1.807, 2.05) is 94.2 Å². The largest absolute Gasteiger partial charge is 0.494 e. The number of benzene rings is 2. The summed E-state index contributed by atoms with van der Waals surface area (Å²) in [5.74, 6) is 0.531. The van der Waals surface area contributed by atoms with Crippen molar-refractivity contribution in [1.82, 2.24) is 30.0 Å². The molecule has 4 aliphatic rings. The normalized spacial score (nSPS) is 18.9. The highest BCUT2D eigenvalue weighted by Crippen LogP contribution is 2.33. The van der Waals surface area contributed by atoms with Gasteiger partial charge in [-0.15, -0.1) is 0 Å². The highest BCUT2D eigenvalue weighted by Gasteiger charge is 2.33. The van der Waals surface area contributed by atoms with Gasteiger partial charge in [-0.2, -0.15) is 0 Å². The Labute approximate surface area is 365 Å². The molecular weight excluding hydrogens is 785 g/mol. The van der Waals surface area contributed by atoms with E-state index in [1.165, 1.54) is 0 Å². The maximum Gasteiger partial charge on any atom is 0.415 e. The highest BCUT2D eigenvalue weighted by atomic mass is 16.6. The molecule has 0 spiro atoms. The van der Waals surface area contributed by atoms with Gasteiger partial charge in [-0.3, -0.25) is 24.6 Å². The minimum atomic E-state index is -0.627. The molecule has 1 unspecified atom stereocenters. The topological polar surface area (TPSA) is 150 Å². The van der Waals surface area contributed by atoms with Gasteiger partial charge in [0.05, 0.1) is 36.8 Å². The second kappa shape index (κ2) is 19.3. The molecule has 14 heteroatoms. The molecule has 1 atom stereocenters. The number of piperidine rings is 1. The number of rotatable bonds is 11. The minimum Gasteiger partial charge on any atom is -0.494 e. The van der Waals surface area contributed by atoms with E-state index in [1.54, 1.807) is 4.90 Å². The fraction of sp³-hybridized carbons (Fsp3) is 0.458. The monoisotopic (exact) mass is 844 g/mol. The van der Waals surface area contributed by atoms with Gasteiger partial charge in [0.2, 0.25) is 23.7 Å². The van der Waals surface area contributed by atoms with E-state index in [-0.39, 0.29) is 29.7 Å². The summed E-state index contributed by atoms with van der Waals surface area (Å²) in [7, 11) is 0. The first-order valence-electron chi connectivity index (χ1n) is 21.9. The fourth-order valence-corrected chi connectivity index (χ4v) is 8.41. The summed E-state index contributed by atoms with van der Waals surface area (Å²) in [6, 6.07) is 15.8. The molecule has 1 aromatic heterocycles. The predicted molar refractivity (Wildman–Crippen MR) is 238 cm³/mol. The van der Waals surface area contributed by atoms with Crippen LogP contribution < -0.4 is 15.5 Å². The number of hydrogen-bond donors (Lipinski definition) is 2. The third-order valence-corrected chi connectivity index (χ3v) is 11.7. The van der Waals surface area contributed by atoms with Crippen LogP contribution in [0.3, 0.4) is 0 Å². The van der Waals surface area contributed by atoms with Crippen LogP contribution in [0.25, 0.3) is 0 Å². The summed E-state index contributed by atoms with van der Waals surface area (Å²) in [6.07, 6.45) is 9.78. The second-order valence-corrected chi connectivity index (χ2v) is 17.4. The first kappa shape index (κ1) is 43.9. The first-order chi connectivity index (χ1) is 29.8. The number of fused-ring (bicyclic) bond motifs is 1. The third kappa shape index (κ3) is 10.6. The number of aromatic nitrogens is 2. The van der Waals surface area contributed by atoms with E-state index in [0.29, 0.717) is 63.8 Å². The number of piperazine rings is 1. The molecule has 2 N–H and O–H groups in total. The van der Waals surface area contributed by atoms with Crippen LogP contribution in [0.4, 0.5) is 22.1 Å². The lowest BCUT2D eigenvalue weighted by molar-refractivity contribution is -0.134. The standard InChI is InChI=1S/C48H60N8O6/c1-7-8-9-10-41(32(2)44-33(3)61-28-27-56(44)47(60)62-48(4,5)6)55-22-21-36-30-49-46(51-40(36)31-55)50-37-15-11-34(12-16-37)29-43(58)54-25-23-53(24-26-54)38-17-13-35(14-18-38)39-19-20-42(57)52-45(39)59/h9-18,30,39H,7-8,19-29,31H2,1-6H3,(H,49,50,51)(H,52,57,59)/b10-9+,41-32+. The van der Waals surface area contributed by atoms with Gasteiger partial charge >= 0.3 is 6.09 Å². The summed E-state index contributed by atoms with van der Waals surface area (Å²) in [5.41, 5.74) is 7.81. The fourth-order valence-electron chi connectivity index (χ4n) is 8.41. The van der Waals surface area contributed by atoms with Crippen molar-refractivity contribution in [2.45, 2.75) is 98.1 Å². The van der Waals surface area contributed by atoms with Gasteiger partial charge in [-0.1, -0.05) is 43.7 Å². The number of imide groups is 1. The molecule has 0 saturated carbocycles. The van der Waals surface area contributed by atoms with Crippen molar-refractivity contribution in [3.8, 4) is 0 Å². The van der Waals surface area contributed by atoms with E-state index in [9.17, 15) is 19.2 Å². The smallest absolute Gasteiger partial charge is 0.415 e. The average molecular weight is 845 g/mol. The van der Waals surface area contributed by atoms with Gasteiger partial charge in [0, 0.05) is 62.4 Å². The summed E-state index contributed by atoms with van der Waals surface area (Å²) in [6.45, 7) is 16.6. The van der Waals surface area contributed by atoms with Crippen molar-refractivity contribution >= 4 is 41.1 Å². The van der Waals surface area contributed by atoms with Crippen molar-refractivity contribution < 1.29 is 28.7 Å². The summed E-state index contributed by atoms with van der Waals surface area (Å²) >= 11 is 0. The van der Waals surface area contributed by atoms with Crippen molar-refractivity contribution in [2.75, 3.05) is 56.1 Å². The number of anilines is 3. The number of nitrogens with zero attached hydrogens (tertiary/aromatic N) is 6. The van der Waals surface area contributed by atoms with Crippen molar-refractivity contribution in [1.29, 1.82) is 0 Å².